The molecular formula is C13H18F3NO2. The summed E-state index contributed by atoms with van der Waals surface area (Å²) < 4.78 is 39.7. The van der Waals surface area contributed by atoms with E-state index in [1.165, 1.54) is 12.1 Å². The van der Waals surface area contributed by atoms with E-state index in [4.69, 9.17) is 5.11 Å². The summed E-state index contributed by atoms with van der Waals surface area (Å²) in [6.07, 6.45) is -4.36. The predicted molar refractivity (Wildman–Crippen MR) is 65.8 cm³/mol. The second kappa shape index (κ2) is 6.77. The molecule has 0 saturated carbocycles. The van der Waals surface area contributed by atoms with E-state index in [1.54, 1.807) is 19.1 Å². The molecule has 1 atom stereocenters. The van der Waals surface area contributed by atoms with E-state index < -0.39 is 6.36 Å². The molecule has 3 nitrogen and oxygen atoms in total. The average molecular weight is 277 g/mol. The van der Waals surface area contributed by atoms with Gasteiger partial charge in [-0.25, -0.2) is 0 Å². The Balaban J connectivity index is 2.48. The van der Waals surface area contributed by atoms with Crippen LogP contribution >= 0.6 is 0 Å². The Morgan fingerprint density at radius 1 is 1.26 bits per heavy atom. The quantitative estimate of drug-likeness (QED) is 0.868. The van der Waals surface area contributed by atoms with Crippen molar-refractivity contribution < 1.29 is 23.0 Å². The van der Waals surface area contributed by atoms with Crippen LogP contribution in [-0.4, -0.2) is 36.1 Å². The van der Waals surface area contributed by atoms with Crippen LogP contribution in [0.2, 0.25) is 0 Å². The van der Waals surface area contributed by atoms with E-state index in [0.29, 0.717) is 13.0 Å². The van der Waals surface area contributed by atoms with Crippen LogP contribution in [0.15, 0.2) is 24.3 Å². The van der Waals surface area contributed by atoms with E-state index in [1.807, 2.05) is 11.9 Å². The first-order valence-electron chi connectivity index (χ1n) is 5.97. The lowest BCUT2D eigenvalue weighted by atomic mass is 10.2. The van der Waals surface area contributed by atoms with Gasteiger partial charge in [-0.1, -0.05) is 12.1 Å². The summed E-state index contributed by atoms with van der Waals surface area (Å²) >= 11 is 0. The van der Waals surface area contributed by atoms with Gasteiger partial charge in [0.25, 0.3) is 0 Å². The summed E-state index contributed by atoms with van der Waals surface area (Å²) in [4.78, 5) is 1.99. The maximum atomic E-state index is 12.0. The third kappa shape index (κ3) is 7.03. The first kappa shape index (κ1) is 15.8. The lowest BCUT2D eigenvalue weighted by Gasteiger charge is -2.17. The molecule has 1 N–H and O–H groups in total. The van der Waals surface area contributed by atoms with Crippen LogP contribution in [0.4, 0.5) is 13.2 Å². The number of halogens is 3. The monoisotopic (exact) mass is 277 g/mol. The van der Waals surface area contributed by atoms with Gasteiger partial charge >= 0.3 is 6.36 Å². The normalized spacial score (nSPS) is 13.6. The van der Waals surface area contributed by atoms with Crippen LogP contribution in [0.1, 0.15) is 18.9 Å². The molecule has 0 spiro atoms. The molecule has 0 aliphatic rings. The lowest BCUT2D eigenvalue weighted by molar-refractivity contribution is -0.274. The number of hydrogen-bond donors (Lipinski definition) is 1. The van der Waals surface area contributed by atoms with Crippen LogP contribution in [0.25, 0.3) is 0 Å². The lowest BCUT2D eigenvalue weighted by Crippen LogP contribution is -2.22. The molecule has 1 aromatic carbocycles. The number of nitrogens with zero attached hydrogens (tertiary/aromatic N) is 1. The second-order valence-corrected chi connectivity index (χ2v) is 4.57. The van der Waals surface area contributed by atoms with Gasteiger partial charge in [-0.2, -0.15) is 0 Å². The van der Waals surface area contributed by atoms with E-state index in [-0.39, 0.29) is 11.9 Å². The minimum Gasteiger partial charge on any atom is -0.406 e. The Labute approximate surface area is 110 Å². The second-order valence-electron chi connectivity index (χ2n) is 4.57. The number of ether oxygens (including phenoxy) is 1. The highest BCUT2D eigenvalue weighted by atomic mass is 19.4. The maximum absolute atomic E-state index is 12.0. The fourth-order valence-electron chi connectivity index (χ4n) is 1.59. The smallest absolute Gasteiger partial charge is 0.406 e. The van der Waals surface area contributed by atoms with Crippen LogP contribution in [0.5, 0.6) is 5.75 Å². The van der Waals surface area contributed by atoms with Gasteiger partial charge in [0.2, 0.25) is 0 Å². The van der Waals surface area contributed by atoms with Crippen molar-refractivity contribution in [2.45, 2.75) is 32.4 Å². The number of benzene rings is 1. The zero-order valence-corrected chi connectivity index (χ0v) is 10.9. The van der Waals surface area contributed by atoms with Gasteiger partial charge in [-0.05, 0) is 38.1 Å². The highest BCUT2D eigenvalue weighted by molar-refractivity contribution is 5.27. The summed E-state index contributed by atoms with van der Waals surface area (Å²) in [7, 11) is 1.89. The van der Waals surface area contributed by atoms with E-state index >= 15 is 0 Å². The van der Waals surface area contributed by atoms with Crippen LogP contribution in [-0.2, 0) is 6.54 Å². The molecule has 1 rings (SSSR count). The van der Waals surface area contributed by atoms with Crippen molar-refractivity contribution in [2.75, 3.05) is 13.6 Å². The van der Waals surface area contributed by atoms with Gasteiger partial charge in [-0.3, -0.25) is 0 Å². The number of rotatable bonds is 6. The zero-order valence-electron chi connectivity index (χ0n) is 10.9. The van der Waals surface area contributed by atoms with Crippen molar-refractivity contribution in [1.82, 2.24) is 4.90 Å². The summed E-state index contributed by atoms with van der Waals surface area (Å²) in [5.74, 6) is -0.220. The molecule has 0 aromatic heterocycles. The minimum atomic E-state index is -4.66. The van der Waals surface area contributed by atoms with Crippen LogP contribution in [0.3, 0.4) is 0 Å². The zero-order chi connectivity index (χ0) is 14.5. The molecule has 0 aliphatic heterocycles. The average Bonchev–Trinajstić information content (AvgIpc) is 2.27. The largest absolute Gasteiger partial charge is 0.573 e. The minimum absolute atomic E-state index is 0.220. The Bertz CT molecular complexity index is 376. The van der Waals surface area contributed by atoms with E-state index in [2.05, 4.69) is 4.74 Å². The number of aliphatic hydroxyl groups is 1. The molecule has 19 heavy (non-hydrogen) atoms. The molecule has 1 aromatic rings. The van der Waals surface area contributed by atoms with Crippen molar-refractivity contribution in [2.24, 2.45) is 0 Å². The summed E-state index contributed by atoms with van der Waals surface area (Å²) in [6, 6.07) is 5.79. The van der Waals surface area contributed by atoms with E-state index in [0.717, 1.165) is 12.1 Å². The first-order valence-corrected chi connectivity index (χ1v) is 5.97. The molecule has 0 heterocycles. The molecular weight excluding hydrogens is 259 g/mol. The summed E-state index contributed by atoms with van der Waals surface area (Å²) in [5.41, 5.74) is 0.891. The SMILES string of the molecule is CC(O)CCN(C)Cc1ccc(OC(F)(F)F)cc1. The van der Waals surface area contributed by atoms with Crippen molar-refractivity contribution in [1.29, 1.82) is 0 Å². The molecule has 108 valence electrons. The predicted octanol–water partition coefficient (Wildman–Crippen LogP) is 2.79. The Morgan fingerprint density at radius 2 is 1.84 bits per heavy atom. The third-order valence-corrected chi connectivity index (χ3v) is 2.54. The van der Waals surface area contributed by atoms with Gasteiger partial charge in [0, 0.05) is 13.1 Å². The van der Waals surface area contributed by atoms with E-state index in [9.17, 15) is 13.2 Å². The summed E-state index contributed by atoms with van der Waals surface area (Å²) in [5, 5.41) is 9.16. The molecule has 1 unspecified atom stereocenters. The highest BCUT2D eigenvalue weighted by Gasteiger charge is 2.30. The Kier molecular flexibility index (Phi) is 5.62. The Morgan fingerprint density at radius 3 is 2.32 bits per heavy atom. The fourth-order valence-corrected chi connectivity index (χ4v) is 1.59. The van der Waals surface area contributed by atoms with Gasteiger partial charge in [0.1, 0.15) is 5.75 Å². The van der Waals surface area contributed by atoms with Gasteiger partial charge < -0.3 is 14.7 Å². The van der Waals surface area contributed by atoms with Crippen LogP contribution < -0.4 is 4.74 Å². The van der Waals surface area contributed by atoms with Crippen molar-refractivity contribution in [3.05, 3.63) is 29.8 Å². The first-order chi connectivity index (χ1) is 8.76. The fraction of sp³-hybridized carbons (Fsp3) is 0.538. The highest BCUT2D eigenvalue weighted by Crippen LogP contribution is 2.22. The summed E-state index contributed by atoms with van der Waals surface area (Å²) in [6.45, 7) is 3.05. The molecule has 6 heteroatoms. The number of alkyl halides is 3. The van der Waals surface area contributed by atoms with Gasteiger partial charge in [-0.15, -0.1) is 13.2 Å². The molecule has 0 aliphatic carbocycles. The molecule has 0 bridgehead atoms. The van der Waals surface area contributed by atoms with Crippen LogP contribution in [0, 0.1) is 0 Å². The maximum Gasteiger partial charge on any atom is 0.573 e. The number of aliphatic hydroxyl groups excluding tert-OH is 1. The van der Waals surface area contributed by atoms with Crippen molar-refractivity contribution in [3.63, 3.8) is 0 Å². The standard InChI is InChI=1S/C13H18F3NO2/c1-10(18)7-8-17(2)9-11-3-5-12(6-4-11)19-13(14,15)16/h3-6,10,18H,7-9H2,1-2H3. The van der Waals surface area contributed by atoms with Crippen molar-refractivity contribution in [3.8, 4) is 5.75 Å². The molecule has 0 fully saturated rings. The third-order valence-electron chi connectivity index (χ3n) is 2.54. The van der Waals surface area contributed by atoms with Gasteiger partial charge in [0.05, 0.1) is 6.10 Å². The van der Waals surface area contributed by atoms with Crippen molar-refractivity contribution >= 4 is 0 Å². The molecule has 0 amide bonds. The molecule has 0 saturated heterocycles. The van der Waals surface area contributed by atoms with Gasteiger partial charge in [0.15, 0.2) is 0 Å². The Hall–Kier alpha value is -1.27. The topological polar surface area (TPSA) is 32.7 Å². The number of hydrogen-bond acceptors (Lipinski definition) is 3. The molecule has 0 radical (unpaired) electrons.